The molecule has 8 heteroatoms. The summed E-state index contributed by atoms with van der Waals surface area (Å²) in [5, 5.41) is 3.37. The summed E-state index contributed by atoms with van der Waals surface area (Å²) in [5.74, 6) is 2.04. The van der Waals surface area contributed by atoms with E-state index in [0.29, 0.717) is 18.2 Å². The van der Waals surface area contributed by atoms with Gasteiger partial charge in [0.05, 0.1) is 6.61 Å². The van der Waals surface area contributed by atoms with Crippen LogP contribution in [0.5, 0.6) is 5.75 Å². The molecule has 1 aromatic rings. The van der Waals surface area contributed by atoms with Gasteiger partial charge in [-0.1, -0.05) is 12.1 Å². The molecule has 1 atom stereocenters. The summed E-state index contributed by atoms with van der Waals surface area (Å²) < 4.78 is 11.0. The Labute approximate surface area is 179 Å². The molecule has 152 valence electrons. The number of guanidine groups is 1. The molecule has 0 spiro atoms. The maximum Gasteiger partial charge on any atom is 0.259 e. The molecular weight excluding hydrogens is 459 g/mol. The van der Waals surface area contributed by atoms with Crippen LogP contribution in [-0.2, 0) is 16.1 Å². The maximum atomic E-state index is 11.6. The van der Waals surface area contributed by atoms with Crippen LogP contribution in [0.25, 0.3) is 0 Å². The van der Waals surface area contributed by atoms with Crippen LogP contribution in [0.2, 0.25) is 0 Å². The Balaban J connectivity index is 0.00000364. The average Bonchev–Trinajstić information content (AvgIpc) is 3.13. The Bertz CT molecular complexity index is 619. The van der Waals surface area contributed by atoms with Gasteiger partial charge in [-0.05, 0) is 24.1 Å². The monoisotopic (exact) mass is 490 g/mol. The molecule has 1 heterocycles. The highest BCUT2D eigenvalue weighted by Gasteiger charge is 2.19. The first-order valence-electron chi connectivity index (χ1n) is 8.91. The van der Waals surface area contributed by atoms with E-state index in [1.54, 1.807) is 21.1 Å². The number of hydrogen-bond donors (Lipinski definition) is 1. The minimum absolute atomic E-state index is 0. The molecular formula is C19H31IN4O3. The lowest BCUT2D eigenvalue weighted by Gasteiger charge is -2.24. The first kappa shape index (κ1) is 23.5. The number of nitrogens with zero attached hydrogens (tertiary/aromatic N) is 3. The number of carbonyl (C=O) groups is 1. The molecule has 27 heavy (non-hydrogen) atoms. The van der Waals surface area contributed by atoms with E-state index in [-0.39, 0.29) is 36.5 Å². The zero-order valence-electron chi connectivity index (χ0n) is 16.6. The second-order valence-corrected chi connectivity index (χ2v) is 6.74. The van der Waals surface area contributed by atoms with Crippen molar-refractivity contribution in [1.82, 2.24) is 15.1 Å². The number of carbonyl (C=O) groups excluding carboxylic acids is 1. The Kier molecular flexibility index (Phi) is 10.5. The van der Waals surface area contributed by atoms with E-state index in [0.717, 1.165) is 37.7 Å². The molecule has 1 N–H and O–H groups in total. The minimum Gasteiger partial charge on any atom is -0.484 e. The molecule has 1 aromatic carbocycles. The van der Waals surface area contributed by atoms with E-state index in [1.807, 2.05) is 31.3 Å². The Morgan fingerprint density at radius 1 is 1.37 bits per heavy atom. The predicted octanol–water partition coefficient (Wildman–Crippen LogP) is 1.82. The Hall–Kier alpha value is -1.55. The standard InChI is InChI=1S/C19H30N4O3.HI/c1-20-19(23(4)12-16-8-9-25-13-16)21-11-15-6-5-7-17(10-15)26-14-18(24)22(2)3;/h5-7,10,16H,8-9,11-14H2,1-4H3,(H,20,21);1H. The number of aliphatic imine (C=N–C) groups is 1. The minimum atomic E-state index is -0.0635. The van der Waals surface area contributed by atoms with Gasteiger partial charge in [-0.2, -0.15) is 0 Å². The van der Waals surface area contributed by atoms with Crippen molar-refractivity contribution in [3.05, 3.63) is 29.8 Å². The van der Waals surface area contributed by atoms with Gasteiger partial charge < -0.3 is 24.6 Å². The third-order valence-corrected chi connectivity index (χ3v) is 4.34. The van der Waals surface area contributed by atoms with E-state index in [4.69, 9.17) is 9.47 Å². The van der Waals surface area contributed by atoms with Crippen LogP contribution in [0.4, 0.5) is 0 Å². The van der Waals surface area contributed by atoms with Gasteiger partial charge >= 0.3 is 0 Å². The molecule has 1 fully saturated rings. The lowest BCUT2D eigenvalue weighted by Crippen LogP contribution is -2.41. The molecule has 1 aliphatic heterocycles. The van der Waals surface area contributed by atoms with Crippen molar-refractivity contribution in [3.63, 3.8) is 0 Å². The van der Waals surface area contributed by atoms with Gasteiger partial charge in [0, 0.05) is 53.8 Å². The van der Waals surface area contributed by atoms with Gasteiger partial charge in [0.15, 0.2) is 12.6 Å². The number of ether oxygens (including phenoxy) is 2. The van der Waals surface area contributed by atoms with Gasteiger partial charge in [0.1, 0.15) is 5.75 Å². The van der Waals surface area contributed by atoms with Crippen molar-refractivity contribution >= 4 is 35.8 Å². The van der Waals surface area contributed by atoms with Crippen molar-refractivity contribution in [2.24, 2.45) is 10.9 Å². The molecule has 1 aliphatic rings. The zero-order valence-corrected chi connectivity index (χ0v) is 18.9. The van der Waals surface area contributed by atoms with Gasteiger partial charge in [-0.25, -0.2) is 0 Å². The average molecular weight is 490 g/mol. The van der Waals surface area contributed by atoms with Crippen LogP contribution >= 0.6 is 24.0 Å². The highest BCUT2D eigenvalue weighted by atomic mass is 127. The molecule has 2 rings (SSSR count). The molecule has 0 aliphatic carbocycles. The van der Waals surface area contributed by atoms with Crippen LogP contribution in [-0.4, -0.2) is 76.2 Å². The lowest BCUT2D eigenvalue weighted by molar-refractivity contribution is -0.130. The smallest absolute Gasteiger partial charge is 0.259 e. The Morgan fingerprint density at radius 2 is 2.15 bits per heavy atom. The first-order chi connectivity index (χ1) is 12.5. The maximum absolute atomic E-state index is 11.6. The Morgan fingerprint density at radius 3 is 2.78 bits per heavy atom. The van der Waals surface area contributed by atoms with Crippen LogP contribution in [0.15, 0.2) is 29.3 Å². The molecule has 0 aromatic heterocycles. The van der Waals surface area contributed by atoms with Crippen molar-refractivity contribution < 1.29 is 14.3 Å². The van der Waals surface area contributed by atoms with Crippen molar-refractivity contribution in [2.45, 2.75) is 13.0 Å². The van der Waals surface area contributed by atoms with E-state index in [9.17, 15) is 4.79 Å². The molecule has 1 unspecified atom stereocenters. The van der Waals surface area contributed by atoms with Crippen LogP contribution in [0.1, 0.15) is 12.0 Å². The third kappa shape index (κ3) is 7.92. The summed E-state index contributed by atoms with van der Waals surface area (Å²) in [4.78, 5) is 19.6. The van der Waals surface area contributed by atoms with E-state index < -0.39 is 0 Å². The van der Waals surface area contributed by atoms with E-state index in [1.165, 1.54) is 4.90 Å². The highest BCUT2D eigenvalue weighted by Crippen LogP contribution is 2.15. The molecule has 1 saturated heterocycles. The van der Waals surface area contributed by atoms with Crippen molar-refractivity contribution in [1.29, 1.82) is 0 Å². The first-order valence-corrected chi connectivity index (χ1v) is 8.91. The van der Waals surface area contributed by atoms with Crippen LogP contribution in [0, 0.1) is 5.92 Å². The number of benzene rings is 1. The molecule has 0 saturated carbocycles. The SMILES string of the molecule is CN=C(NCc1cccc(OCC(=O)N(C)C)c1)N(C)CC1CCOC1.I. The summed E-state index contributed by atoms with van der Waals surface area (Å²) in [6.07, 6.45) is 1.10. The van der Waals surface area contributed by atoms with Crippen molar-refractivity contribution in [2.75, 3.05) is 54.6 Å². The fraction of sp³-hybridized carbons (Fsp3) is 0.579. The lowest BCUT2D eigenvalue weighted by atomic mass is 10.1. The number of amides is 1. The molecule has 7 nitrogen and oxygen atoms in total. The summed E-state index contributed by atoms with van der Waals surface area (Å²) in [6, 6.07) is 7.74. The summed E-state index contributed by atoms with van der Waals surface area (Å²) in [5.41, 5.74) is 1.07. The number of rotatable bonds is 7. The predicted molar refractivity (Wildman–Crippen MR) is 118 cm³/mol. The van der Waals surface area contributed by atoms with E-state index in [2.05, 4.69) is 15.2 Å². The number of nitrogens with one attached hydrogen (secondary N) is 1. The number of halogens is 1. The number of likely N-dealkylation sites (N-methyl/N-ethyl adjacent to an activating group) is 1. The highest BCUT2D eigenvalue weighted by molar-refractivity contribution is 14.0. The van der Waals surface area contributed by atoms with Gasteiger partial charge in [0.25, 0.3) is 5.91 Å². The van der Waals surface area contributed by atoms with E-state index >= 15 is 0 Å². The zero-order chi connectivity index (χ0) is 18.9. The third-order valence-electron chi connectivity index (χ3n) is 4.34. The normalized spacial score (nSPS) is 16.4. The summed E-state index contributed by atoms with van der Waals surface area (Å²) in [6.45, 7) is 3.28. The second kappa shape index (κ2) is 12.0. The molecule has 0 radical (unpaired) electrons. The molecule has 1 amide bonds. The topological polar surface area (TPSA) is 66.4 Å². The van der Waals surface area contributed by atoms with Crippen LogP contribution < -0.4 is 10.1 Å². The van der Waals surface area contributed by atoms with Crippen LogP contribution in [0.3, 0.4) is 0 Å². The fourth-order valence-electron chi connectivity index (χ4n) is 2.79. The fourth-order valence-corrected chi connectivity index (χ4v) is 2.79. The molecule has 0 bridgehead atoms. The largest absolute Gasteiger partial charge is 0.484 e. The quantitative estimate of drug-likeness (QED) is 0.359. The summed E-state index contributed by atoms with van der Waals surface area (Å²) in [7, 11) is 7.26. The second-order valence-electron chi connectivity index (χ2n) is 6.74. The summed E-state index contributed by atoms with van der Waals surface area (Å²) >= 11 is 0. The number of hydrogen-bond acceptors (Lipinski definition) is 4. The van der Waals surface area contributed by atoms with Gasteiger partial charge in [-0.3, -0.25) is 9.79 Å². The van der Waals surface area contributed by atoms with Crippen molar-refractivity contribution in [3.8, 4) is 5.75 Å². The van der Waals surface area contributed by atoms with Gasteiger partial charge in [0.2, 0.25) is 0 Å². The van der Waals surface area contributed by atoms with Gasteiger partial charge in [-0.15, -0.1) is 24.0 Å².